The lowest BCUT2D eigenvalue weighted by Gasteiger charge is -2.19. The summed E-state index contributed by atoms with van der Waals surface area (Å²) in [5.74, 6) is -1.81. The molecule has 0 fully saturated rings. The van der Waals surface area contributed by atoms with E-state index >= 15 is 0 Å². The second kappa shape index (κ2) is 5.84. The first-order valence-corrected chi connectivity index (χ1v) is 5.90. The zero-order valence-corrected chi connectivity index (χ0v) is 10.3. The summed E-state index contributed by atoms with van der Waals surface area (Å²) < 4.78 is 40.0. The number of hydrogen-bond acceptors (Lipinski definition) is 2. The summed E-state index contributed by atoms with van der Waals surface area (Å²) >= 11 is 0. The Kier molecular flexibility index (Phi) is 4.16. The van der Waals surface area contributed by atoms with Gasteiger partial charge in [-0.15, -0.1) is 0 Å². The molecule has 19 heavy (non-hydrogen) atoms. The van der Waals surface area contributed by atoms with Gasteiger partial charge >= 0.3 is 0 Å². The van der Waals surface area contributed by atoms with Gasteiger partial charge in [0.1, 0.15) is 17.5 Å². The quantitative estimate of drug-likeness (QED) is 0.919. The van der Waals surface area contributed by atoms with Crippen molar-refractivity contribution in [2.24, 2.45) is 0 Å². The number of pyridine rings is 1. The van der Waals surface area contributed by atoms with Crippen molar-refractivity contribution in [1.82, 2.24) is 10.3 Å². The molecule has 0 saturated carbocycles. The number of aromatic nitrogens is 1. The highest BCUT2D eigenvalue weighted by molar-refractivity contribution is 5.31. The molecule has 0 saturated heterocycles. The Labute approximate surface area is 109 Å². The molecule has 1 aromatic carbocycles. The number of benzene rings is 1. The smallest absolute Gasteiger partial charge is 0.141 e. The summed E-state index contributed by atoms with van der Waals surface area (Å²) in [6.45, 7) is 2.40. The van der Waals surface area contributed by atoms with Crippen molar-refractivity contribution in [1.29, 1.82) is 0 Å². The minimum Gasteiger partial charge on any atom is -0.306 e. The van der Waals surface area contributed by atoms with Crippen molar-refractivity contribution in [3.8, 4) is 0 Å². The highest BCUT2D eigenvalue weighted by atomic mass is 19.1. The monoisotopic (exact) mass is 266 g/mol. The average molecular weight is 266 g/mol. The molecule has 2 aromatic rings. The molecular weight excluding hydrogens is 253 g/mol. The van der Waals surface area contributed by atoms with Gasteiger partial charge < -0.3 is 5.32 Å². The molecule has 0 aliphatic carbocycles. The largest absolute Gasteiger partial charge is 0.306 e. The van der Waals surface area contributed by atoms with Gasteiger partial charge in [-0.1, -0.05) is 13.0 Å². The van der Waals surface area contributed by atoms with E-state index < -0.39 is 23.5 Å². The summed E-state index contributed by atoms with van der Waals surface area (Å²) in [6, 6.07) is 4.06. The summed E-state index contributed by atoms with van der Waals surface area (Å²) in [5.41, 5.74) is 0.753. The molecule has 1 aromatic heterocycles. The molecule has 0 bridgehead atoms. The summed E-state index contributed by atoms with van der Waals surface area (Å²) in [5, 5.41) is 3.03. The maximum atomic E-state index is 13.8. The number of halogens is 3. The van der Waals surface area contributed by atoms with E-state index in [9.17, 15) is 13.2 Å². The third-order valence-corrected chi connectivity index (χ3v) is 2.74. The highest BCUT2D eigenvalue weighted by Gasteiger charge is 2.18. The predicted molar refractivity (Wildman–Crippen MR) is 66.1 cm³/mol. The van der Waals surface area contributed by atoms with E-state index in [4.69, 9.17) is 0 Å². The molecule has 1 unspecified atom stereocenters. The molecule has 0 amide bonds. The lowest BCUT2D eigenvalue weighted by Crippen LogP contribution is -2.23. The Hall–Kier alpha value is -1.88. The SMILES string of the molecule is CCNC(c1cncc(F)c1)c1ccc(F)cc1F. The molecule has 1 N–H and O–H groups in total. The summed E-state index contributed by atoms with van der Waals surface area (Å²) in [6.07, 6.45) is 2.53. The van der Waals surface area contributed by atoms with Crippen molar-refractivity contribution in [3.63, 3.8) is 0 Å². The standard InChI is InChI=1S/C14H13F3N2/c1-2-19-14(9-5-11(16)8-18-7-9)12-4-3-10(15)6-13(12)17/h3-8,14,19H,2H2,1H3. The maximum Gasteiger partial charge on any atom is 0.141 e. The van der Waals surface area contributed by atoms with E-state index in [1.165, 1.54) is 24.4 Å². The fourth-order valence-corrected chi connectivity index (χ4v) is 1.93. The molecule has 100 valence electrons. The van der Waals surface area contributed by atoms with Crippen LogP contribution >= 0.6 is 0 Å². The Balaban J connectivity index is 2.45. The molecule has 1 heterocycles. The first-order chi connectivity index (χ1) is 9.11. The molecule has 0 radical (unpaired) electrons. The van der Waals surface area contributed by atoms with Gasteiger partial charge in [-0.3, -0.25) is 4.98 Å². The summed E-state index contributed by atoms with van der Waals surface area (Å²) in [4.78, 5) is 3.75. The topological polar surface area (TPSA) is 24.9 Å². The minimum absolute atomic E-state index is 0.260. The van der Waals surface area contributed by atoms with Gasteiger partial charge in [0, 0.05) is 17.8 Å². The van der Waals surface area contributed by atoms with E-state index in [-0.39, 0.29) is 5.56 Å². The van der Waals surface area contributed by atoms with Crippen LogP contribution in [0.25, 0.3) is 0 Å². The van der Waals surface area contributed by atoms with Crippen LogP contribution in [0.5, 0.6) is 0 Å². The molecular formula is C14H13F3N2. The van der Waals surface area contributed by atoms with Crippen LogP contribution in [0.3, 0.4) is 0 Å². The van der Waals surface area contributed by atoms with Crippen molar-refractivity contribution in [2.45, 2.75) is 13.0 Å². The first kappa shape index (κ1) is 13.5. The second-order valence-electron chi connectivity index (χ2n) is 4.09. The summed E-state index contributed by atoms with van der Waals surface area (Å²) in [7, 11) is 0. The van der Waals surface area contributed by atoms with E-state index in [1.54, 1.807) is 0 Å². The van der Waals surface area contributed by atoms with Gasteiger partial charge in [0.25, 0.3) is 0 Å². The van der Waals surface area contributed by atoms with Gasteiger partial charge in [-0.2, -0.15) is 0 Å². The Morgan fingerprint density at radius 3 is 2.53 bits per heavy atom. The van der Waals surface area contributed by atoms with Crippen LogP contribution in [0, 0.1) is 17.5 Å². The zero-order valence-electron chi connectivity index (χ0n) is 10.3. The molecule has 0 spiro atoms. The van der Waals surface area contributed by atoms with Gasteiger partial charge in [0.05, 0.1) is 12.2 Å². The molecule has 1 atom stereocenters. The van der Waals surface area contributed by atoms with Crippen molar-refractivity contribution in [3.05, 3.63) is 65.2 Å². The van der Waals surface area contributed by atoms with Gasteiger partial charge in [-0.05, 0) is 24.2 Å². The lowest BCUT2D eigenvalue weighted by molar-refractivity contribution is 0.537. The fraction of sp³-hybridized carbons (Fsp3) is 0.214. The Morgan fingerprint density at radius 2 is 1.89 bits per heavy atom. The third kappa shape index (κ3) is 3.12. The minimum atomic E-state index is -0.671. The second-order valence-corrected chi connectivity index (χ2v) is 4.09. The van der Waals surface area contributed by atoms with Crippen LogP contribution in [-0.4, -0.2) is 11.5 Å². The number of rotatable bonds is 4. The number of nitrogens with zero attached hydrogens (tertiary/aromatic N) is 1. The number of hydrogen-bond donors (Lipinski definition) is 1. The molecule has 0 aliphatic heterocycles. The fourth-order valence-electron chi connectivity index (χ4n) is 1.93. The number of nitrogens with one attached hydrogen (secondary N) is 1. The van der Waals surface area contributed by atoms with Gasteiger partial charge in [0.2, 0.25) is 0 Å². The van der Waals surface area contributed by atoms with Crippen molar-refractivity contribution in [2.75, 3.05) is 6.54 Å². The molecule has 2 nitrogen and oxygen atoms in total. The third-order valence-electron chi connectivity index (χ3n) is 2.74. The molecule has 0 aliphatic rings. The first-order valence-electron chi connectivity index (χ1n) is 5.90. The van der Waals surface area contributed by atoms with Crippen molar-refractivity contribution < 1.29 is 13.2 Å². The van der Waals surface area contributed by atoms with Crippen LogP contribution in [-0.2, 0) is 0 Å². The molecule has 5 heteroatoms. The zero-order chi connectivity index (χ0) is 13.8. The van der Waals surface area contributed by atoms with Crippen LogP contribution in [0.2, 0.25) is 0 Å². The Morgan fingerprint density at radius 1 is 1.11 bits per heavy atom. The van der Waals surface area contributed by atoms with E-state index in [1.807, 2.05) is 6.92 Å². The van der Waals surface area contributed by atoms with Crippen LogP contribution in [0.4, 0.5) is 13.2 Å². The van der Waals surface area contributed by atoms with Crippen LogP contribution < -0.4 is 5.32 Å². The molecule has 2 rings (SSSR count). The maximum absolute atomic E-state index is 13.8. The van der Waals surface area contributed by atoms with Crippen LogP contribution in [0.15, 0.2) is 36.7 Å². The Bertz CT molecular complexity index is 572. The average Bonchev–Trinajstić information content (AvgIpc) is 2.37. The van der Waals surface area contributed by atoms with E-state index in [0.29, 0.717) is 12.1 Å². The lowest BCUT2D eigenvalue weighted by atomic mass is 9.99. The van der Waals surface area contributed by atoms with E-state index in [2.05, 4.69) is 10.3 Å². The van der Waals surface area contributed by atoms with E-state index in [0.717, 1.165) is 12.3 Å². The van der Waals surface area contributed by atoms with Crippen molar-refractivity contribution >= 4 is 0 Å². The predicted octanol–water partition coefficient (Wildman–Crippen LogP) is 3.20. The van der Waals surface area contributed by atoms with Gasteiger partial charge in [0.15, 0.2) is 0 Å². The highest BCUT2D eigenvalue weighted by Crippen LogP contribution is 2.24. The normalized spacial score (nSPS) is 12.4. The van der Waals surface area contributed by atoms with Crippen LogP contribution in [0.1, 0.15) is 24.1 Å². The van der Waals surface area contributed by atoms with Gasteiger partial charge in [-0.25, -0.2) is 13.2 Å².